The van der Waals surface area contributed by atoms with E-state index >= 15 is 0 Å². The maximum Gasteiger partial charge on any atom is 0.341 e. The van der Waals surface area contributed by atoms with Gasteiger partial charge in [-0.3, -0.25) is 9.20 Å². The van der Waals surface area contributed by atoms with Gasteiger partial charge in [-0.05, 0) is 66.1 Å². The molecule has 0 bridgehead atoms. The van der Waals surface area contributed by atoms with Crippen LogP contribution in [0.5, 0.6) is 0 Å². The number of nitrogens with two attached hydrogens (primary N) is 1. The van der Waals surface area contributed by atoms with E-state index < -0.39 is 11.5 Å². The summed E-state index contributed by atoms with van der Waals surface area (Å²) in [5.41, 5.74) is 10.8. The van der Waals surface area contributed by atoms with E-state index in [1.807, 2.05) is 13.0 Å². The minimum Gasteiger partial charge on any atom is -0.477 e. The number of nitrogens with zero attached hydrogens (tertiary/aromatic N) is 1. The topological polar surface area (TPSA) is 96.8 Å². The standard InChI is InChI=1S/C21H21N3O3S/c1-10-13(17-6-12-8-23-9-16(22)19(12)28-17)4-5-24-18(10)14(11-2-3-11)7-15(20(24)25)21(26)27/h4-7,11,16,23H,2-3,8-9,22H2,1H3,(H,26,27). The second-order valence-corrected chi connectivity index (χ2v) is 8.79. The van der Waals surface area contributed by atoms with Gasteiger partial charge in [-0.2, -0.15) is 0 Å². The van der Waals surface area contributed by atoms with Gasteiger partial charge < -0.3 is 16.2 Å². The van der Waals surface area contributed by atoms with Crippen LogP contribution in [-0.2, 0) is 6.54 Å². The van der Waals surface area contributed by atoms with Gasteiger partial charge in [0.1, 0.15) is 5.56 Å². The minimum atomic E-state index is -1.17. The largest absolute Gasteiger partial charge is 0.477 e. The number of hydrogen-bond donors (Lipinski definition) is 3. The number of aromatic nitrogens is 1. The number of thiophene rings is 1. The van der Waals surface area contributed by atoms with Gasteiger partial charge in [-0.15, -0.1) is 11.3 Å². The average molecular weight is 395 g/mol. The summed E-state index contributed by atoms with van der Waals surface area (Å²) in [6.07, 6.45) is 3.78. The molecule has 3 aromatic heterocycles. The summed E-state index contributed by atoms with van der Waals surface area (Å²) < 4.78 is 1.51. The fourth-order valence-electron chi connectivity index (χ4n) is 4.21. The van der Waals surface area contributed by atoms with E-state index in [-0.39, 0.29) is 11.6 Å². The Kier molecular flexibility index (Phi) is 3.94. The third-order valence-corrected chi connectivity index (χ3v) is 7.13. The Labute approximate surface area is 165 Å². The summed E-state index contributed by atoms with van der Waals surface area (Å²) in [4.78, 5) is 26.6. The molecule has 0 saturated heterocycles. The van der Waals surface area contributed by atoms with E-state index in [0.717, 1.165) is 53.0 Å². The van der Waals surface area contributed by atoms with Crippen LogP contribution in [0, 0.1) is 6.92 Å². The maximum absolute atomic E-state index is 12.7. The molecule has 1 aliphatic carbocycles. The summed E-state index contributed by atoms with van der Waals surface area (Å²) in [5.74, 6) is -0.840. The SMILES string of the molecule is Cc1c(-c2cc3c(s2)C(N)CNC3)ccn2c(=O)c(C(=O)O)cc(C3CC3)c12. The fraction of sp³-hybridized carbons (Fsp3) is 0.333. The number of nitrogens with one attached hydrogen (secondary N) is 1. The molecule has 1 saturated carbocycles. The number of rotatable bonds is 3. The van der Waals surface area contributed by atoms with Crippen molar-refractivity contribution in [3.8, 4) is 10.4 Å². The van der Waals surface area contributed by atoms with Crippen molar-refractivity contribution >= 4 is 22.8 Å². The third-order valence-electron chi connectivity index (χ3n) is 5.78. The van der Waals surface area contributed by atoms with Crippen LogP contribution in [0.3, 0.4) is 0 Å². The lowest BCUT2D eigenvalue weighted by Crippen LogP contribution is -2.31. The molecule has 4 heterocycles. The van der Waals surface area contributed by atoms with Crippen molar-refractivity contribution in [1.29, 1.82) is 0 Å². The highest BCUT2D eigenvalue weighted by Gasteiger charge is 2.30. The molecule has 1 fully saturated rings. The van der Waals surface area contributed by atoms with Crippen molar-refractivity contribution in [3.63, 3.8) is 0 Å². The molecule has 28 heavy (non-hydrogen) atoms. The van der Waals surface area contributed by atoms with Gasteiger partial charge in [0, 0.05) is 29.0 Å². The van der Waals surface area contributed by atoms with E-state index in [1.54, 1.807) is 23.6 Å². The van der Waals surface area contributed by atoms with Gasteiger partial charge in [0.05, 0.1) is 11.6 Å². The summed E-state index contributed by atoms with van der Waals surface area (Å²) in [6.45, 7) is 3.62. The van der Waals surface area contributed by atoms with Crippen LogP contribution in [0.4, 0.5) is 0 Å². The molecule has 1 atom stereocenters. The van der Waals surface area contributed by atoms with Crippen LogP contribution in [0.1, 0.15) is 56.7 Å². The molecule has 2 aliphatic rings. The second-order valence-electron chi connectivity index (χ2n) is 7.71. The highest BCUT2D eigenvalue weighted by Crippen LogP contribution is 2.44. The number of aryl methyl sites for hydroxylation is 1. The summed E-state index contributed by atoms with van der Waals surface area (Å²) in [6, 6.07) is 5.70. The molecule has 5 rings (SSSR count). The Morgan fingerprint density at radius 3 is 2.82 bits per heavy atom. The van der Waals surface area contributed by atoms with Crippen molar-refractivity contribution in [1.82, 2.24) is 9.72 Å². The number of hydrogen-bond acceptors (Lipinski definition) is 5. The Morgan fingerprint density at radius 1 is 1.36 bits per heavy atom. The van der Waals surface area contributed by atoms with Gasteiger partial charge in [0.15, 0.2) is 0 Å². The fourth-order valence-corrected chi connectivity index (χ4v) is 5.47. The molecular weight excluding hydrogens is 374 g/mol. The van der Waals surface area contributed by atoms with Crippen molar-refractivity contribution in [2.75, 3.05) is 6.54 Å². The molecule has 6 nitrogen and oxygen atoms in total. The predicted octanol–water partition coefficient (Wildman–Crippen LogP) is 3.02. The zero-order valence-corrected chi connectivity index (χ0v) is 16.3. The minimum absolute atomic E-state index is 0.00558. The maximum atomic E-state index is 12.7. The van der Waals surface area contributed by atoms with E-state index in [0.29, 0.717) is 5.92 Å². The van der Waals surface area contributed by atoms with Crippen LogP contribution in [-0.4, -0.2) is 22.0 Å². The van der Waals surface area contributed by atoms with Crippen molar-refractivity contribution in [3.05, 3.63) is 61.9 Å². The van der Waals surface area contributed by atoms with Gasteiger partial charge in [0.25, 0.3) is 5.56 Å². The van der Waals surface area contributed by atoms with Crippen molar-refractivity contribution in [2.24, 2.45) is 5.73 Å². The summed E-state index contributed by atoms with van der Waals surface area (Å²) in [7, 11) is 0. The summed E-state index contributed by atoms with van der Waals surface area (Å²) >= 11 is 1.71. The normalized spacial score (nSPS) is 19.0. The zero-order chi connectivity index (χ0) is 19.6. The zero-order valence-electron chi connectivity index (χ0n) is 15.5. The van der Waals surface area contributed by atoms with E-state index in [1.165, 1.54) is 14.8 Å². The van der Waals surface area contributed by atoms with Crippen molar-refractivity contribution < 1.29 is 9.90 Å². The lowest BCUT2D eigenvalue weighted by Gasteiger charge is -2.18. The molecule has 0 amide bonds. The van der Waals surface area contributed by atoms with Crippen LogP contribution in [0.25, 0.3) is 16.0 Å². The smallest absolute Gasteiger partial charge is 0.341 e. The Morgan fingerprint density at radius 2 is 2.14 bits per heavy atom. The monoisotopic (exact) mass is 395 g/mol. The Bertz CT molecular complexity index is 1190. The van der Waals surface area contributed by atoms with Crippen molar-refractivity contribution in [2.45, 2.75) is 38.3 Å². The van der Waals surface area contributed by atoms with Crippen LogP contribution in [0.15, 0.2) is 29.2 Å². The lowest BCUT2D eigenvalue weighted by atomic mass is 9.99. The second kappa shape index (κ2) is 6.27. The third kappa shape index (κ3) is 2.62. The van der Waals surface area contributed by atoms with Crippen LogP contribution < -0.4 is 16.6 Å². The van der Waals surface area contributed by atoms with E-state index in [4.69, 9.17) is 5.73 Å². The first-order valence-electron chi connectivity index (χ1n) is 9.47. The number of carboxylic acid groups (broad SMARTS) is 1. The Balaban J connectivity index is 1.76. The first-order valence-corrected chi connectivity index (χ1v) is 10.3. The number of aromatic carboxylic acids is 1. The van der Waals surface area contributed by atoms with E-state index in [2.05, 4.69) is 11.4 Å². The first kappa shape index (κ1) is 17.6. The number of carboxylic acids is 1. The molecule has 4 N–H and O–H groups in total. The number of fused-ring (bicyclic) bond motifs is 2. The molecular formula is C21H21N3O3S. The molecule has 0 aromatic carbocycles. The molecule has 7 heteroatoms. The summed E-state index contributed by atoms with van der Waals surface area (Å²) in [5, 5.41) is 12.8. The van der Waals surface area contributed by atoms with Crippen LogP contribution in [0.2, 0.25) is 0 Å². The van der Waals surface area contributed by atoms with Crippen LogP contribution >= 0.6 is 11.3 Å². The van der Waals surface area contributed by atoms with E-state index in [9.17, 15) is 14.7 Å². The molecule has 0 spiro atoms. The average Bonchev–Trinajstić information content (AvgIpc) is 3.41. The quantitative estimate of drug-likeness (QED) is 0.633. The van der Waals surface area contributed by atoms with Gasteiger partial charge in [-0.1, -0.05) is 0 Å². The van der Waals surface area contributed by atoms with Gasteiger partial charge in [0.2, 0.25) is 0 Å². The highest BCUT2D eigenvalue weighted by molar-refractivity contribution is 7.15. The molecule has 3 aromatic rings. The lowest BCUT2D eigenvalue weighted by molar-refractivity contribution is 0.0694. The first-order chi connectivity index (χ1) is 13.5. The Hall–Kier alpha value is -2.48. The molecule has 1 unspecified atom stereocenters. The number of carbonyl (C=O) groups is 1. The van der Waals surface area contributed by atoms with Gasteiger partial charge in [-0.25, -0.2) is 4.79 Å². The molecule has 0 radical (unpaired) electrons. The highest BCUT2D eigenvalue weighted by atomic mass is 32.1. The predicted molar refractivity (Wildman–Crippen MR) is 109 cm³/mol. The molecule has 1 aliphatic heterocycles. The molecule has 144 valence electrons. The van der Waals surface area contributed by atoms with Gasteiger partial charge >= 0.3 is 5.97 Å². The number of pyridine rings is 2.